The topological polar surface area (TPSA) is 175 Å². The van der Waals surface area contributed by atoms with Gasteiger partial charge in [-0.25, -0.2) is 4.79 Å². The van der Waals surface area contributed by atoms with E-state index >= 15 is 0 Å². The number of rotatable bonds is 54. The van der Waals surface area contributed by atoms with Crippen molar-refractivity contribution in [1.29, 1.82) is 0 Å². The number of aliphatic carboxylic acids is 1. The van der Waals surface area contributed by atoms with Crippen molar-refractivity contribution in [3.63, 3.8) is 0 Å². The van der Waals surface area contributed by atoms with Crippen LogP contribution in [-0.4, -0.2) is 89.2 Å². The first kappa shape index (κ1) is 73.2. The summed E-state index contributed by atoms with van der Waals surface area (Å²) >= 11 is 0. The van der Waals surface area contributed by atoms with Crippen molar-refractivity contribution in [2.75, 3.05) is 13.2 Å². The Hall–Kier alpha value is -3.84. The summed E-state index contributed by atoms with van der Waals surface area (Å²) in [6, 6.07) is 0. The zero-order valence-corrected chi connectivity index (χ0v) is 50.1. The molecule has 454 valence electrons. The zero-order chi connectivity index (χ0) is 57.5. The summed E-state index contributed by atoms with van der Waals surface area (Å²) in [5.74, 6) is -3.16. The minimum Gasteiger partial charge on any atom is -0.479 e. The van der Waals surface area contributed by atoms with Crippen molar-refractivity contribution >= 4 is 23.9 Å². The molecule has 1 aliphatic heterocycles. The second kappa shape index (κ2) is 54.7. The van der Waals surface area contributed by atoms with Crippen LogP contribution in [0.2, 0.25) is 0 Å². The smallest absolute Gasteiger partial charge is 0.335 e. The lowest BCUT2D eigenvalue weighted by molar-refractivity contribution is -0.301. The van der Waals surface area contributed by atoms with E-state index in [1.54, 1.807) is 0 Å². The Bertz CT molecular complexity index is 1650. The van der Waals surface area contributed by atoms with Crippen molar-refractivity contribution in [3.8, 4) is 0 Å². The van der Waals surface area contributed by atoms with E-state index in [-0.39, 0.29) is 25.9 Å². The van der Waals surface area contributed by atoms with Crippen molar-refractivity contribution in [2.24, 2.45) is 0 Å². The number of carbonyl (C=O) groups is 4. The zero-order valence-electron chi connectivity index (χ0n) is 50.1. The van der Waals surface area contributed by atoms with E-state index in [0.29, 0.717) is 19.3 Å². The first-order valence-corrected chi connectivity index (χ1v) is 31.9. The largest absolute Gasteiger partial charge is 0.479 e. The van der Waals surface area contributed by atoms with E-state index in [1.165, 1.54) is 116 Å². The molecule has 12 heteroatoms. The van der Waals surface area contributed by atoms with Crippen LogP contribution in [0.15, 0.2) is 72.9 Å². The summed E-state index contributed by atoms with van der Waals surface area (Å²) < 4.78 is 28.5. The van der Waals surface area contributed by atoms with Crippen LogP contribution in [-0.2, 0) is 42.9 Å². The summed E-state index contributed by atoms with van der Waals surface area (Å²) in [6.07, 6.45) is 57.2. The predicted molar refractivity (Wildman–Crippen MR) is 322 cm³/mol. The van der Waals surface area contributed by atoms with Crippen molar-refractivity contribution in [1.82, 2.24) is 0 Å². The molecule has 0 spiro atoms. The van der Waals surface area contributed by atoms with Crippen LogP contribution in [0.5, 0.6) is 0 Å². The highest BCUT2D eigenvalue weighted by molar-refractivity contribution is 5.74. The molecule has 6 unspecified atom stereocenters. The molecule has 0 aromatic heterocycles. The SMILES string of the molecule is CC/C=C\C/C=C\C/C=C\CCCCCC(=O)OC(COC(=O)CCCCCCCCC/C=C\CCCCCCCC)COC1OC(C(=O)O)C(O)C(O)C1OC(=O)CCCCCCCCCCC/C=C\C/C=C\CCCCC. The van der Waals surface area contributed by atoms with Gasteiger partial charge >= 0.3 is 23.9 Å². The standard InChI is InChI=1S/C67H114O12/c1-4-7-10-13-16-19-22-25-27-29-30-32-34-37-40-43-46-49-52-55-61(70)78-65-63(72)62(71)64(66(73)74)79-67(65)76-57-58(77-60(69)54-51-48-45-42-39-35-24-21-18-15-12-9-6-3)56-75-59(68)53-50-47-44-41-38-36-33-31-28-26-23-20-17-14-11-8-5-2/h9,12,16,18-19,21,25-28,35,39,58,62-65,67,71-72H,4-8,10-11,13-15,17,20,22-24,29-34,36-38,40-57H2,1-3H3,(H,73,74)/b12-9-,19-16-,21-18-,27-25-,28-26-,39-35-. The van der Waals surface area contributed by atoms with Gasteiger partial charge in [-0.2, -0.15) is 0 Å². The highest BCUT2D eigenvalue weighted by Crippen LogP contribution is 2.26. The Morgan fingerprint density at radius 3 is 1.27 bits per heavy atom. The number of unbranched alkanes of at least 4 members (excludes halogenated alkanes) is 28. The lowest BCUT2D eigenvalue weighted by Crippen LogP contribution is -2.61. The van der Waals surface area contributed by atoms with Crippen molar-refractivity contribution in [2.45, 2.75) is 314 Å². The van der Waals surface area contributed by atoms with Crippen LogP contribution in [0.4, 0.5) is 0 Å². The fraction of sp³-hybridized carbons (Fsp3) is 0.761. The average molecular weight is 1110 g/mol. The second-order valence-electron chi connectivity index (χ2n) is 21.7. The molecular weight excluding hydrogens is 997 g/mol. The van der Waals surface area contributed by atoms with E-state index in [9.17, 15) is 34.5 Å². The Labute approximate surface area is 480 Å². The monoisotopic (exact) mass is 1110 g/mol. The predicted octanol–water partition coefficient (Wildman–Crippen LogP) is 16.9. The molecule has 0 saturated carbocycles. The fourth-order valence-electron chi connectivity index (χ4n) is 9.35. The lowest BCUT2D eigenvalue weighted by atomic mass is 9.98. The number of hydrogen-bond acceptors (Lipinski definition) is 11. The maximum absolute atomic E-state index is 13.1. The summed E-state index contributed by atoms with van der Waals surface area (Å²) in [5.41, 5.74) is 0. The minimum atomic E-state index is -1.91. The summed E-state index contributed by atoms with van der Waals surface area (Å²) in [5, 5.41) is 31.6. The number of allylic oxidation sites excluding steroid dienone is 12. The third kappa shape index (κ3) is 44.5. The molecule has 0 amide bonds. The number of carboxylic acid groups (broad SMARTS) is 1. The molecule has 0 aromatic carbocycles. The molecule has 79 heavy (non-hydrogen) atoms. The van der Waals surface area contributed by atoms with E-state index in [1.807, 2.05) is 0 Å². The van der Waals surface area contributed by atoms with Crippen molar-refractivity contribution in [3.05, 3.63) is 72.9 Å². The van der Waals surface area contributed by atoms with Crippen molar-refractivity contribution < 1.29 is 58.2 Å². The normalized spacial score (nSPS) is 18.3. The number of hydrogen-bond donors (Lipinski definition) is 3. The van der Waals surface area contributed by atoms with E-state index in [2.05, 4.69) is 93.7 Å². The van der Waals surface area contributed by atoms with Crippen LogP contribution in [0.3, 0.4) is 0 Å². The third-order valence-corrected chi connectivity index (χ3v) is 14.2. The first-order valence-electron chi connectivity index (χ1n) is 31.9. The first-order chi connectivity index (χ1) is 38.6. The number of ether oxygens (including phenoxy) is 5. The minimum absolute atomic E-state index is 0.0504. The summed E-state index contributed by atoms with van der Waals surface area (Å²) in [7, 11) is 0. The Balaban J connectivity index is 2.66. The van der Waals surface area contributed by atoms with Gasteiger partial charge in [-0.3, -0.25) is 14.4 Å². The molecule has 0 bridgehead atoms. The molecule has 12 nitrogen and oxygen atoms in total. The van der Waals surface area contributed by atoms with Gasteiger partial charge in [0.15, 0.2) is 24.6 Å². The molecule has 0 aromatic rings. The van der Waals surface area contributed by atoms with Gasteiger partial charge in [0.25, 0.3) is 0 Å². The molecule has 1 aliphatic rings. The third-order valence-electron chi connectivity index (χ3n) is 14.2. The van der Waals surface area contributed by atoms with Gasteiger partial charge in [0, 0.05) is 19.3 Å². The Morgan fingerprint density at radius 2 is 0.797 bits per heavy atom. The van der Waals surface area contributed by atoms with Crippen LogP contribution < -0.4 is 0 Å². The van der Waals surface area contributed by atoms with Gasteiger partial charge in [-0.1, -0.05) is 222 Å². The van der Waals surface area contributed by atoms with E-state index in [4.69, 9.17) is 23.7 Å². The van der Waals surface area contributed by atoms with Crippen LogP contribution >= 0.6 is 0 Å². The Morgan fingerprint density at radius 1 is 0.430 bits per heavy atom. The van der Waals surface area contributed by atoms with Gasteiger partial charge in [-0.15, -0.1) is 0 Å². The highest BCUT2D eigenvalue weighted by Gasteiger charge is 2.50. The van der Waals surface area contributed by atoms with Crippen LogP contribution in [0.1, 0.15) is 278 Å². The van der Waals surface area contributed by atoms with Gasteiger partial charge in [0.05, 0.1) is 6.61 Å². The fourth-order valence-corrected chi connectivity index (χ4v) is 9.35. The highest BCUT2D eigenvalue weighted by atomic mass is 16.7. The lowest BCUT2D eigenvalue weighted by Gasteiger charge is -2.40. The molecule has 6 atom stereocenters. The maximum Gasteiger partial charge on any atom is 0.335 e. The molecular formula is C67H114O12. The van der Waals surface area contributed by atoms with Crippen LogP contribution in [0.25, 0.3) is 0 Å². The average Bonchev–Trinajstić information content (AvgIpc) is 3.43. The summed E-state index contributed by atoms with van der Waals surface area (Å²) in [4.78, 5) is 51.2. The molecule has 1 saturated heterocycles. The number of carbonyl (C=O) groups excluding carboxylic acids is 3. The number of carboxylic acids is 1. The molecule has 3 N–H and O–H groups in total. The number of aliphatic hydroxyl groups excluding tert-OH is 2. The van der Waals surface area contributed by atoms with Gasteiger partial charge in [0.2, 0.25) is 0 Å². The van der Waals surface area contributed by atoms with Gasteiger partial charge in [-0.05, 0) is 109 Å². The quantitative estimate of drug-likeness (QED) is 0.0228. The molecule has 0 radical (unpaired) electrons. The second-order valence-corrected chi connectivity index (χ2v) is 21.7. The molecule has 1 rings (SSSR count). The van der Waals surface area contributed by atoms with E-state index < -0.39 is 67.3 Å². The van der Waals surface area contributed by atoms with Gasteiger partial charge in [0.1, 0.15) is 18.8 Å². The molecule has 1 fully saturated rings. The molecule has 1 heterocycles. The maximum atomic E-state index is 13.1. The van der Waals surface area contributed by atoms with E-state index in [0.717, 1.165) is 103 Å². The number of esters is 3. The Kier molecular flexibility index (Phi) is 50.7. The van der Waals surface area contributed by atoms with Crippen LogP contribution in [0, 0.1) is 0 Å². The molecule has 0 aliphatic carbocycles. The number of aliphatic hydroxyl groups is 2. The van der Waals surface area contributed by atoms with Gasteiger partial charge < -0.3 is 39.0 Å². The summed E-state index contributed by atoms with van der Waals surface area (Å²) in [6.45, 7) is 5.84.